The standard InChI is InChI=1S/C15H21N3S/c1-11-3-2-7-18(10-11)8-6-12-4-5-13-14(9-12)19-15(16)17-13/h4-5,9,11H,2-3,6-8,10H2,1H3,(H2,16,17). The van der Waals surface area contributed by atoms with Gasteiger partial charge in [-0.2, -0.15) is 0 Å². The lowest BCUT2D eigenvalue weighted by atomic mass is 10.00. The van der Waals surface area contributed by atoms with E-state index in [2.05, 4.69) is 35.0 Å². The molecule has 1 aliphatic rings. The Hall–Kier alpha value is -1.13. The van der Waals surface area contributed by atoms with Crippen molar-refractivity contribution < 1.29 is 0 Å². The van der Waals surface area contributed by atoms with Crippen molar-refractivity contribution in [2.45, 2.75) is 26.2 Å². The zero-order chi connectivity index (χ0) is 13.2. The molecule has 1 aromatic carbocycles. The number of fused-ring (bicyclic) bond motifs is 1. The molecule has 2 heterocycles. The smallest absolute Gasteiger partial charge is 0.181 e. The van der Waals surface area contributed by atoms with Crippen molar-refractivity contribution in [3.8, 4) is 0 Å². The lowest BCUT2D eigenvalue weighted by molar-refractivity contribution is 0.186. The van der Waals surface area contributed by atoms with E-state index in [-0.39, 0.29) is 0 Å². The van der Waals surface area contributed by atoms with E-state index in [0.717, 1.165) is 17.9 Å². The maximum absolute atomic E-state index is 5.75. The van der Waals surface area contributed by atoms with Gasteiger partial charge in [0.25, 0.3) is 0 Å². The fourth-order valence-corrected chi connectivity index (χ4v) is 3.72. The number of hydrogen-bond acceptors (Lipinski definition) is 4. The van der Waals surface area contributed by atoms with Crippen molar-refractivity contribution >= 4 is 26.7 Å². The molecule has 2 aromatic rings. The van der Waals surface area contributed by atoms with Gasteiger partial charge in [-0.05, 0) is 49.4 Å². The van der Waals surface area contributed by atoms with Gasteiger partial charge in [-0.3, -0.25) is 0 Å². The Morgan fingerprint density at radius 2 is 2.37 bits per heavy atom. The number of nitrogens with zero attached hydrogens (tertiary/aromatic N) is 2. The Kier molecular flexibility index (Phi) is 3.71. The van der Waals surface area contributed by atoms with Crippen molar-refractivity contribution in [3.05, 3.63) is 23.8 Å². The molecule has 1 aromatic heterocycles. The number of nitrogens with two attached hydrogens (primary N) is 1. The van der Waals surface area contributed by atoms with Crippen molar-refractivity contribution in [1.82, 2.24) is 9.88 Å². The zero-order valence-electron chi connectivity index (χ0n) is 11.4. The van der Waals surface area contributed by atoms with Crippen LogP contribution < -0.4 is 5.73 Å². The van der Waals surface area contributed by atoms with Crippen LogP contribution in [0.5, 0.6) is 0 Å². The molecule has 0 bridgehead atoms. The summed E-state index contributed by atoms with van der Waals surface area (Å²) < 4.78 is 1.21. The lowest BCUT2D eigenvalue weighted by Gasteiger charge is -2.30. The van der Waals surface area contributed by atoms with Gasteiger partial charge in [-0.15, -0.1) is 0 Å². The first-order valence-corrected chi connectivity index (χ1v) is 7.89. The van der Waals surface area contributed by atoms with Crippen LogP contribution in [0.25, 0.3) is 10.2 Å². The molecule has 1 aliphatic heterocycles. The molecule has 0 spiro atoms. The molecule has 1 atom stereocenters. The quantitative estimate of drug-likeness (QED) is 0.935. The average Bonchev–Trinajstić information content (AvgIpc) is 2.75. The first kappa shape index (κ1) is 12.9. The highest BCUT2D eigenvalue weighted by molar-refractivity contribution is 7.22. The second kappa shape index (κ2) is 5.47. The van der Waals surface area contributed by atoms with Crippen molar-refractivity contribution in [2.24, 2.45) is 5.92 Å². The minimum Gasteiger partial charge on any atom is -0.375 e. The molecular weight excluding hydrogens is 254 g/mol. The molecule has 0 amide bonds. The number of aromatic nitrogens is 1. The van der Waals surface area contributed by atoms with Gasteiger partial charge < -0.3 is 10.6 Å². The molecule has 2 N–H and O–H groups in total. The van der Waals surface area contributed by atoms with Gasteiger partial charge >= 0.3 is 0 Å². The van der Waals surface area contributed by atoms with Crippen molar-refractivity contribution in [2.75, 3.05) is 25.4 Å². The largest absolute Gasteiger partial charge is 0.375 e. The van der Waals surface area contributed by atoms with Crippen LogP contribution in [0.2, 0.25) is 0 Å². The van der Waals surface area contributed by atoms with Gasteiger partial charge in [0, 0.05) is 13.1 Å². The molecule has 19 heavy (non-hydrogen) atoms. The molecule has 0 radical (unpaired) electrons. The van der Waals surface area contributed by atoms with Gasteiger partial charge in [0.2, 0.25) is 0 Å². The second-order valence-electron chi connectivity index (χ2n) is 5.65. The second-order valence-corrected chi connectivity index (χ2v) is 6.71. The first-order chi connectivity index (χ1) is 9.20. The number of hydrogen-bond donors (Lipinski definition) is 1. The van der Waals surface area contributed by atoms with E-state index in [1.54, 1.807) is 11.3 Å². The third kappa shape index (κ3) is 3.07. The van der Waals surface area contributed by atoms with Crippen LogP contribution in [0.3, 0.4) is 0 Å². The summed E-state index contributed by atoms with van der Waals surface area (Å²) in [6, 6.07) is 6.53. The highest BCUT2D eigenvalue weighted by Crippen LogP contribution is 2.25. The SMILES string of the molecule is CC1CCCN(CCc2ccc3nc(N)sc3c2)C1. The highest BCUT2D eigenvalue weighted by atomic mass is 32.1. The van der Waals surface area contributed by atoms with Crippen LogP contribution in [0, 0.1) is 5.92 Å². The molecule has 1 fully saturated rings. The van der Waals surface area contributed by atoms with Crippen LogP contribution in [0.15, 0.2) is 18.2 Å². The fourth-order valence-electron chi connectivity index (χ4n) is 2.92. The van der Waals surface area contributed by atoms with E-state index in [9.17, 15) is 0 Å². The number of rotatable bonds is 3. The summed E-state index contributed by atoms with van der Waals surface area (Å²) in [5, 5.41) is 0.664. The normalized spacial score (nSPS) is 21.0. The minimum atomic E-state index is 0.664. The molecule has 1 unspecified atom stereocenters. The molecule has 102 valence electrons. The topological polar surface area (TPSA) is 42.2 Å². The average molecular weight is 275 g/mol. The highest BCUT2D eigenvalue weighted by Gasteiger charge is 2.15. The van der Waals surface area contributed by atoms with Crippen LogP contribution in [-0.4, -0.2) is 29.5 Å². The van der Waals surface area contributed by atoms with Crippen LogP contribution >= 0.6 is 11.3 Å². The summed E-state index contributed by atoms with van der Waals surface area (Å²) in [5.74, 6) is 0.859. The molecule has 1 saturated heterocycles. The third-order valence-corrected chi connectivity index (χ3v) is 4.77. The predicted molar refractivity (Wildman–Crippen MR) is 82.6 cm³/mol. The van der Waals surface area contributed by atoms with Gasteiger partial charge in [-0.25, -0.2) is 4.98 Å². The van der Waals surface area contributed by atoms with E-state index < -0.39 is 0 Å². The molecule has 0 saturated carbocycles. The van der Waals surface area contributed by atoms with E-state index in [4.69, 9.17) is 5.73 Å². The van der Waals surface area contributed by atoms with E-state index in [1.165, 1.54) is 42.7 Å². The van der Waals surface area contributed by atoms with E-state index >= 15 is 0 Å². The summed E-state index contributed by atoms with van der Waals surface area (Å²) in [5.41, 5.74) is 8.17. The number of likely N-dealkylation sites (tertiary alicyclic amines) is 1. The summed E-state index contributed by atoms with van der Waals surface area (Å²) in [6.45, 7) is 6.05. The number of thiazole rings is 1. The molecule has 0 aliphatic carbocycles. The van der Waals surface area contributed by atoms with Gasteiger partial charge in [0.1, 0.15) is 0 Å². The first-order valence-electron chi connectivity index (χ1n) is 7.08. The molecule has 3 nitrogen and oxygen atoms in total. The maximum Gasteiger partial charge on any atom is 0.181 e. The summed E-state index contributed by atoms with van der Waals surface area (Å²) in [4.78, 5) is 6.90. The number of benzene rings is 1. The van der Waals surface area contributed by atoms with Gasteiger partial charge in [0.05, 0.1) is 10.2 Å². The van der Waals surface area contributed by atoms with Crippen LogP contribution in [-0.2, 0) is 6.42 Å². The monoisotopic (exact) mass is 275 g/mol. The predicted octanol–water partition coefficient (Wildman–Crippen LogP) is 3.15. The van der Waals surface area contributed by atoms with Crippen LogP contribution in [0.4, 0.5) is 5.13 Å². The fraction of sp³-hybridized carbons (Fsp3) is 0.533. The molecule has 3 rings (SSSR count). The van der Waals surface area contributed by atoms with E-state index in [1.807, 2.05) is 0 Å². The number of piperidine rings is 1. The number of nitrogen functional groups attached to an aromatic ring is 1. The molecule has 4 heteroatoms. The Morgan fingerprint density at radius 1 is 1.47 bits per heavy atom. The van der Waals surface area contributed by atoms with Gasteiger partial charge in [-0.1, -0.05) is 24.3 Å². The maximum atomic E-state index is 5.75. The summed E-state index contributed by atoms with van der Waals surface area (Å²) >= 11 is 1.58. The lowest BCUT2D eigenvalue weighted by Crippen LogP contribution is -2.35. The minimum absolute atomic E-state index is 0.664. The Labute approximate surface area is 118 Å². The van der Waals surface area contributed by atoms with Crippen molar-refractivity contribution in [3.63, 3.8) is 0 Å². The third-order valence-electron chi connectivity index (χ3n) is 3.93. The van der Waals surface area contributed by atoms with Gasteiger partial charge in [0.15, 0.2) is 5.13 Å². The van der Waals surface area contributed by atoms with Crippen molar-refractivity contribution in [1.29, 1.82) is 0 Å². The summed E-state index contributed by atoms with van der Waals surface area (Å²) in [7, 11) is 0. The van der Waals surface area contributed by atoms with E-state index in [0.29, 0.717) is 5.13 Å². The molecular formula is C15H21N3S. The Morgan fingerprint density at radius 3 is 3.21 bits per heavy atom. The number of anilines is 1. The Balaban J connectivity index is 1.64. The van der Waals surface area contributed by atoms with Crippen LogP contribution in [0.1, 0.15) is 25.3 Å². The Bertz CT molecular complexity index is 564. The zero-order valence-corrected chi connectivity index (χ0v) is 12.2. The summed E-state index contributed by atoms with van der Waals surface area (Å²) in [6.07, 6.45) is 3.87.